The number of piperidine rings is 1. The van der Waals surface area contributed by atoms with Gasteiger partial charge in [-0.2, -0.15) is 0 Å². The lowest BCUT2D eigenvalue weighted by Crippen LogP contribution is -2.60. The molecule has 2 heterocycles. The van der Waals surface area contributed by atoms with Gasteiger partial charge >= 0.3 is 0 Å². The molecule has 0 aromatic heterocycles. The van der Waals surface area contributed by atoms with Crippen molar-refractivity contribution in [1.82, 2.24) is 10.2 Å². The highest BCUT2D eigenvalue weighted by Gasteiger charge is 2.44. The molecule has 1 unspecified atom stereocenters. The number of ether oxygens (including phenoxy) is 2. The summed E-state index contributed by atoms with van der Waals surface area (Å²) in [4.78, 5) is 40.4. The number of benzene rings is 2. The van der Waals surface area contributed by atoms with Crippen LogP contribution >= 0.6 is 0 Å². The number of hydrogen-bond acceptors (Lipinski definition) is 6. The van der Waals surface area contributed by atoms with E-state index in [-0.39, 0.29) is 18.3 Å². The van der Waals surface area contributed by atoms with E-state index in [0.29, 0.717) is 50.3 Å². The van der Waals surface area contributed by atoms with Gasteiger partial charge in [-0.3, -0.25) is 14.4 Å². The van der Waals surface area contributed by atoms with Crippen molar-refractivity contribution in [3.63, 3.8) is 0 Å². The van der Waals surface area contributed by atoms with Crippen LogP contribution in [0.2, 0.25) is 0 Å². The molecule has 0 radical (unpaired) electrons. The fourth-order valence-electron chi connectivity index (χ4n) is 4.46. The Hall–Kier alpha value is -3.23. The summed E-state index contributed by atoms with van der Waals surface area (Å²) >= 11 is 0. The number of rotatable bonds is 7. The van der Waals surface area contributed by atoms with E-state index < -0.39 is 23.1 Å². The number of para-hydroxylation sites is 1. The van der Waals surface area contributed by atoms with Crippen molar-refractivity contribution >= 4 is 17.6 Å². The number of nitrogens with zero attached hydrogens (tertiary/aromatic N) is 1. The highest BCUT2D eigenvalue weighted by molar-refractivity contribution is 6.00. The van der Waals surface area contributed by atoms with Gasteiger partial charge in [0.05, 0.1) is 30.7 Å². The smallest absolute Gasteiger partial charge is 0.247 e. The van der Waals surface area contributed by atoms with Gasteiger partial charge in [0.15, 0.2) is 5.78 Å². The SMILES string of the molecule is CC(C)(N)C(=O)NC(COCc1ccccc1)C(=O)N1CCC2(CC1)CC(=O)c1ccccc1O2. The van der Waals surface area contributed by atoms with Crippen molar-refractivity contribution in [2.75, 3.05) is 19.7 Å². The molecule has 2 aliphatic heterocycles. The second kappa shape index (κ2) is 10.2. The molecule has 2 aliphatic rings. The number of ketones is 1. The van der Waals surface area contributed by atoms with Crippen molar-refractivity contribution < 1.29 is 23.9 Å². The zero-order chi connectivity index (χ0) is 25.1. The summed E-state index contributed by atoms with van der Waals surface area (Å²) in [7, 11) is 0. The van der Waals surface area contributed by atoms with Gasteiger partial charge in [-0.25, -0.2) is 0 Å². The Kier molecular flexibility index (Phi) is 7.23. The second-order valence-corrected chi connectivity index (χ2v) is 9.95. The molecule has 0 saturated carbocycles. The number of carbonyl (C=O) groups is 3. The van der Waals surface area contributed by atoms with Crippen molar-refractivity contribution in [2.24, 2.45) is 5.73 Å². The molecule has 4 rings (SSSR count). The van der Waals surface area contributed by atoms with Crippen LogP contribution in [0.1, 0.15) is 49.0 Å². The lowest BCUT2D eigenvalue weighted by Gasteiger charge is -2.44. The van der Waals surface area contributed by atoms with Gasteiger partial charge in [0.2, 0.25) is 11.8 Å². The number of carbonyl (C=O) groups excluding carboxylic acids is 3. The number of likely N-dealkylation sites (tertiary alicyclic amines) is 1. The van der Waals surface area contributed by atoms with Crippen LogP contribution in [-0.4, -0.2) is 59.4 Å². The normalized spacial score (nSPS) is 17.9. The van der Waals surface area contributed by atoms with E-state index in [2.05, 4.69) is 5.32 Å². The Morgan fingerprint density at radius 3 is 2.46 bits per heavy atom. The maximum Gasteiger partial charge on any atom is 0.247 e. The lowest BCUT2D eigenvalue weighted by atomic mass is 9.82. The third-order valence-electron chi connectivity index (χ3n) is 6.57. The van der Waals surface area contributed by atoms with Crippen molar-refractivity contribution in [1.29, 1.82) is 0 Å². The maximum atomic E-state index is 13.4. The Morgan fingerprint density at radius 1 is 1.11 bits per heavy atom. The quantitative estimate of drug-likeness (QED) is 0.631. The monoisotopic (exact) mass is 479 g/mol. The lowest BCUT2D eigenvalue weighted by molar-refractivity contribution is -0.142. The highest BCUT2D eigenvalue weighted by Crippen LogP contribution is 2.39. The summed E-state index contributed by atoms with van der Waals surface area (Å²) in [5.41, 5.74) is 5.79. The molecule has 1 fully saturated rings. The maximum absolute atomic E-state index is 13.4. The molecule has 0 aliphatic carbocycles. The average molecular weight is 480 g/mol. The van der Waals surface area contributed by atoms with Crippen LogP contribution in [0.3, 0.4) is 0 Å². The Labute approximate surface area is 205 Å². The first-order chi connectivity index (χ1) is 16.7. The molecule has 1 saturated heterocycles. The zero-order valence-corrected chi connectivity index (χ0v) is 20.3. The first kappa shape index (κ1) is 24.9. The van der Waals surface area contributed by atoms with Crippen molar-refractivity contribution in [3.05, 3.63) is 65.7 Å². The van der Waals surface area contributed by atoms with E-state index in [0.717, 1.165) is 5.56 Å². The molecule has 0 bridgehead atoms. The summed E-state index contributed by atoms with van der Waals surface area (Å²) < 4.78 is 12.1. The molecule has 186 valence electrons. The third kappa shape index (κ3) is 5.89. The van der Waals surface area contributed by atoms with Gasteiger partial charge in [-0.1, -0.05) is 42.5 Å². The summed E-state index contributed by atoms with van der Waals surface area (Å²) in [6.07, 6.45) is 1.37. The summed E-state index contributed by atoms with van der Waals surface area (Å²) in [6, 6.07) is 16.0. The molecule has 1 atom stereocenters. The van der Waals surface area contributed by atoms with Crippen molar-refractivity contribution in [3.8, 4) is 5.75 Å². The van der Waals surface area contributed by atoms with E-state index in [9.17, 15) is 14.4 Å². The molecule has 2 aromatic rings. The van der Waals surface area contributed by atoms with Crippen LogP contribution in [0.15, 0.2) is 54.6 Å². The fraction of sp³-hybridized carbons (Fsp3) is 0.444. The van der Waals surface area contributed by atoms with E-state index in [4.69, 9.17) is 15.2 Å². The van der Waals surface area contributed by atoms with E-state index >= 15 is 0 Å². The van der Waals surface area contributed by atoms with Gasteiger partial charge in [-0.15, -0.1) is 0 Å². The minimum atomic E-state index is -1.13. The average Bonchev–Trinajstić information content (AvgIpc) is 2.83. The predicted molar refractivity (Wildman–Crippen MR) is 131 cm³/mol. The summed E-state index contributed by atoms with van der Waals surface area (Å²) in [5, 5.41) is 2.77. The predicted octanol–water partition coefficient (Wildman–Crippen LogP) is 2.45. The highest BCUT2D eigenvalue weighted by atomic mass is 16.5. The van der Waals surface area contributed by atoms with E-state index in [1.807, 2.05) is 48.5 Å². The molecule has 2 aromatic carbocycles. The van der Waals surface area contributed by atoms with Crippen molar-refractivity contribution in [2.45, 2.75) is 56.9 Å². The van der Waals surface area contributed by atoms with Gasteiger partial charge in [0, 0.05) is 25.9 Å². The van der Waals surface area contributed by atoms with Gasteiger partial charge < -0.3 is 25.4 Å². The number of fused-ring (bicyclic) bond motifs is 1. The Balaban J connectivity index is 1.40. The number of hydrogen-bond donors (Lipinski definition) is 2. The minimum Gasteiger partial charge on any atom is -0.486 e. The van der Waals surface area contributed by atoms with Gasteiger partial charge in [0.25, 0.3) is 0 Å². The topological polar surface area (TPSA) is 111 Å². The van der Waals surface area contributed by atoms with Crippen LogP contribution in [0.5, 0.6) is 5.75 Å². The number of nitrogens with one attached hydrogen (secondary N) is 1. The first-order valence-corrected chi connectivity index (χ1v) is 12.0. The molecular formula is C27H33N3O5. The minimum absolute atomic E-state index is 0.0273. The van der Waals surface area contributed by atoms with Crippen LogP contribution in [0, 0.1) is 0 Å². The summed E-state index contributed by atoms with van der Waals surface area (Å²) in [6.45, 7) is 4.38. The first-order valence-electron chi connectivity index (χ1n) is 12.0. The number of nitrogens with two attached hydrogens (primary N) is 1. The van der Waals surface area contributed by atoms with Crippen LogP contribution in [0.25, 0.3) is 0 Å². The molecular weight excluding hydrogens is 446 g/mol. The molecule has 3 N–H and O–H groups in total. The number of amides is 2. The Morgan fingerprint density at radius 2 is 1.77 bits per heavy atom. The summed E-state index contributed by atoms with van der Waals surface area (Å²) in [5.74, 6) is 0.0166. The molecule has 2 amide bonds. The van der Waals surface area contributed by atoms with Crippen LogP contribution in [0.4, 0.5) is 0 Å². The molecule has 35 heavy (non-hydrogen) atoms. The molecule has 1 spiro atoms. The van der Waals surface area contributed by atoms with Gasteiger partial charge in [-0.05, 0) is 31.5 Å². The Bertz CT molecular complexity index is 1070. The fourth-order valence-corrected chi connectivity index (χ4v) is 4.46. The van der Waals surface area contributed by atoms with E-state index in [1.165, 1.54) is 0 Å². The standard InChI is InChI=1S/C27H33N3O5/c1-26(2,28)25(33)29-21(18-34-17-19-8-4-3-5-9-19)24(32)30-14-12-27(13-15-30)16-22(31)20-10-6-7-11-23(20)35-27/h3-11,21H,12-18,28H2,1-2H3,(H,29,33). The van der Waals surface area contributed by atoms with Gasteiger partial charge in [0.1, 0.15) is 17.4 Å². The second-order valence-electron chi connectivity index (χ2n) is 9.95. The largest absolute Gasteiger partial charge is 0.486 e. The zero-order valence-electron chi connectivity index (χ0n) is 20.3. The number of Topliss-reactive ketones (excluding diaryl/α,β-unsaturated/α-hetero) is 1. The molecule has 8 heteroatoms. The van der Waals surface area contributed by atoms with E-state index in [1.54, 1.807) is 24.8 Å². The van der Waals surface area contributed by atoms with Crippen LogP contribution < -0.4 is 15.8 Å². The van der Waals surface area contributed by atoms with Crippen LogP contribution in [-0.2, 0) is 20.9 Å². The third-order valence-corrected chi connectivity index (χ3v) is 6.57. The molecule has 8 nitrogen and oxygen atoms in total.